The van der Waals surface area contributed by atoms with E-state index in [1.807, 2.05) is 24.3 Å². The van der Waals surface area contributed by atoms with Crippen LogP contribution in [0.1, 0.15) is 24.4 Å². The molecule has 0 unspecified atom stereocenters. The standard InChI is InChI=1S/C18H18ClNO4S/c19-14-6-2-4-8-17(14)25(22,23)12-10-18(21)20-15-9-11-24-16-7-3-1-5-13(15)16/h1-8,15H,9-12H2,(H,20,21)/t15-/m0/s1. The molecule has 0 saturated heterocycles. The summed E-state index contributed by atoms with van der Waals surface area (Å²) >= 11 is 5.94. The van der Waals surface area contributed by atoms with Gasteiger partial charge in [-0.15, -0.1) is 0 Å². The van der Waals surface area contributed by atoms with Crippen molar-refractivity contribution in [2.45, 2.75) is 23.8 Å². The smallest absolute Gasteiger partial charge is 0.221 e. The summed E-state index contributed by atoms with van der Waals surface area (Å²) in [7, 11) is -3.60. The number of fused-ring (bicyclic) bond motifs is 1. The first-order chi connectivity index (χ1) is 12.0. The Labute approximate surface area is 151 Å². The van der Waals surface area contributed by atoms with Gasteiger partial charge >= 0.3 is 0 Å². The summed E-state index contributed by atoms with van der Waals surface area (Å²) < 4.78 is 30.3. The van der Waals surface area contributed by atoms with E-state index in [-0.39, 0.29) is 34.0 Å². The van der Waals surface area contributed by atoms with E-state index in [1.54, 1.807) is 12.1 Å². The molecule has 25 heavy (non-hydrogen) atoms. The van der Waals surface area contributed by atoms with E-state index in [1.165, 1.54) is 12.1 Å². The largest absolute Gasteiger partial charge is 0.493 e. The normalized spacial score (nSPS) is 16.6. The number of hydrogen-bond acceptors (Lipinski definition) is 4. The number of rotatable bonds is 5. The maximum atomic E-state index is 12.4. The number of sulfone groups is 1. The SMILES string of the molecule is O=C(CCS(=O)(=O)c1ccccc1Cl)N[C@H]1CCOc2ccccc21. The summed E-state index contributed by atoms with van der Waals surface area (Å²) in [6.45, 7) is 0.514. The first kappa shape index (κ1) is 17.8. The van der Waals surface area contributed by atoms with Crippen LogP contribution in [0, 0.1) is 0 Å². The summed E-state index contributed by atoms with van der Waals surface area (Å²) in [6.07, 6.45) is 0.535. The van der Waals surface area contributed by atoms with Gasteiger partial charge < -0.3 is 10.1 Å². The van der Waals surface area contributed by atoms with Crippen LogP contribution in [0.15, 0.2) is 53.4 Å². The Hall–Kier alpha value is -2.05. The third kappa shape index (κ3) is 4.14. The molecule has 1 atom stereocenters. The fourth-order valence-corrected chi connectivity index (χ4v) is 4.61. The minimum atomic E-state index is -3.60. The molecule has 7 heteroatoms. The maximum absolute atomic E-state index is 12.4. The van der Waals surface area contributed by atoms with Gasteiger partial charge in [0.15, 0.2) is 9.84 Å². The minimum Gasteiger partial charge on any atom is -0.493 e. The van der Waals surface area contributed by atoms with Crippen molar-refractivity contribution in [2.24, 2.45) is 0 Å². The van der Waals surface area contributed by atoms with Gasteiger partial charge in [0.05, 0.1) is 28.3 Å². The van der Waals surface area contributed by atoms with Crippen molar-refractivity contribution in [1.29, 1.82) is 0 Å². The number of ether oxygens (including phenoxy) is 1. The van der Waals surface area contributed by atoms with Crippen LogP contribution in [0.4, 0.5) is 0 Å². The van der Waals surface area contributed by atoms with E-state index in [0.717, 1.165) is 11.3 Å². The number of amides is 1. The van der Waals surface area contributed by atoms with Crippen molar-refractivity contribution in [1.82, 2.24) is 5.32 Å². The zero-order valence-electron chi connectivity index (χ0n) is 13.4. The number of carbonyl (C=O) groups excluding carboxylic acids is 1. The second kappa shape index (κ2) is 7.45. The first-order valence-electron chi connectivity index (χ1n) is 7.96. The lowest BCUT2D eigenvalue weighted by Crippen LogP contribution is -2.33. The average molecular weight is 380 g/mol. The Morgan fingerprint density at radius 1 is 1.16 bits per heavy atom. The topological polar surface area (TPSA) is 72.5 Å². The van der Waals surface area contributed by atoms with Crippen molar-refractivity contribution < 1.29 is 17.9 Å². The molecule has 1 N–H and O–H groups in total. The summed E-state index contributed by atoms with van der Waals surface area (Å²) in [4.78, 5) is 12.3. The molecule has 3 rings (SSSR count). The summed E-state index contributed by atoms with van der Waals surface area (Å²) in [6, 6.07) is 13.6. The molecule has 0 aromatic heterocycles. The fourth-order valence-electron chi connectivity index (χ4n) is 2.79. The Bertz CT molecular complexity index is 882. The molecule has 0 spiro atoms. The molecule has 0 bridgehead atoms. The molecule has 5 nitrogen and oxygen atoms in total. The van der Waals surface area contributed by atoms with Crippen LogP contribution in [0.5, 0.6) is 5.75 Å². The van der Waals surface area contributed by atoms with Gasteiger partial charge in [0.2, 0.25) is 5.91 Å². The van der Waals surface area contributed by atoms with E-state index < -0.39 is 9.84 Å². The molecular weight excluding hydrogens is 362 g/mol. The summed E-state index contributed by atoms with van der Waals surface area (Å²) in [5, 5.41) is 3.07. The molecule has 1 amide bonds. The Morgan fingerprint density at radius 2 is 1.88 bits per heavy atom. The molecule has 0 fully saturated rings. The van der Waals surface area contributed by atoms with Gasteiger partial charge in [-0.25, -0.2) is 8.42 Å². The van der Waals surface area contributed by atoms with Gasteiger partial charge in [0.25, 0.3) is 0 Å². The molecule has 2 aromatic carbocycles. The highest BCUT2D eigenvalue weighted by atomic mass is 35.5. The van der Waals surface area contributed by atoms with Gasteiger partial charge in [-0.2, -0.15) is 0 Å². The predicted octanol–water partition coefficient (Wildman–Crippen LogP) is 3.14. The molecular formula is C18H18ClNO4S. The number of para-hydroxylation sites is 1. The molecule has 2 aromatic rings. The lowest BCUT2D eigenvalue weighted by Gasteiger charge is -2.26. The van der Waals surface area contributed by atoms with E-state index in [2.05, 4.69) is 5.32 Å². The monoisotopic (exact) mass is 379 g/mol. The van der Waals surface area contributed by atoms with Crippen molar-refractivity contribution in [2.75, 3.05) is 12.4 Å². The lowest BCUT2D eigenvalue weighted by molar-refractivity contribution is -0.121. The molecule has 132 valence electrons. The minimum absolute atomic E-state index is 0.0564. The second-order valence-electron chi connectivity index (χ2n) is 5.79. The van der Waals surface area contributed by atoms with E-state index in [0.29, 0.717) is 13.0 Å². The highest BCUT2D eigenvalue weighted by Gasteiger charge is 2.24. The third-order valence-electron chi connectivity index (χ3n) is 4.06. The quantitative estimate of drug-likeness (QED) is 0.866. The third-order valence-corrected chi connectivity index (χ3v) is 6.27. The van der Waals surface area contributed by atoms with Crippen molar-refractivity contribution >= 4 is 27.3 Å². The van der Waals surface area contributed by atoms with Crippen LogP contribution in [0.25, 0.3) is 0 Å². The number of hydrogen-bond donors (Lipinski definition) is 1. The zero-order chi connectivity index (χ0) is 17.9. The van der Waals surface area contributed by atoms with Gasteiger partial charge in [-0.1, -0.05) is 41.9 Å². The predicted molar refractivity (Wildman–Crippen MR) is 95.6 cm³/mol. The lowest BCUT2D eigenvalue weighted by atomic mass is 10.0. The number of halogens is 1. The first-order valence-corrected chi connectivity index (χ1v) is 9.99. The Morgan fingerprint density at radius 3 is 2.68 bits per heavy atom. The van der Waals surface area contributed by atoms with Crippen molar-refractivity contribution in [3.05, 3.63) is 59.1 Å². The molecule has 1 heterocycles. The summed E-state index contributed by atoms with van der Waals surface area (Å²) in [5.41, 5.74) is 0.913. The number of benzene rings is 2. The van der Waals surface area contributed by atoms with Crippen LogP contribution in [0.3, 0.4) is 0 Å². The molecule has 0 saturated carbocycles. The van der Waals surface area contributed by atoms with Crippen LogP contribution in [0.2, 0.25) is 5.02 Å². The van der Waals surface area contributed by atoms with Gasteiger partial charge in [0, 0.05) is 18.4 Å². The van der Waals surface area contributed by atoms with E-state index in [4.69, 9.17) is 16.3 Å². The van der Waals surface area contributed by atoms with Crippen LogP contribution >= 0.6 is 11.6 Å². The number of nitrogens with one attached hydrogen (secondary N) is 1. The van der Waals surface area contributed by atoms with Gasteiger partial charge in [-0.3, -0.25) is 4.79 Å². The van der Waals surface area contributed by atoms with Crippen molar-refractivity contribution in [3.8, 4) is 5.75 Å². The van der Waals surface area contributed by atoms with Crippen LogP contribution in [-0.2, 0) is 14.6 Å². The fraction of sp³-hybridized carbons (Fsp3) is 0.278. The molecule has 1 aliphatic rings. The Kier molecular flexibility index (Phi) is 5.30. The van der Waals surface area contributed by atoms with Crippen molar-refractivity contribution in [3.63, 3.8) is 0 Å². The van der Waals surface area contributed by atoms with E-state index in [9.17, 15) is 13.2 Å². The molecule has 1 aliphatic heterocycles. The van der Waals surface area contributed by atoms with Gasteiger partial charge in [0.1, 0.15) is 5.75 Å². The second-order valence-corrected chi connectivity index (χ2v) is 8.28. The maximum Gasteiger partial charge on any atom is 0.221 e. The van der Waals surface area contributed by atoms with E-state index >= 15 is 0 Å². The highest BCUT2D eigenvalue weighted by Crippen LogP contribution is 2.31. The van der Waals surface area contributed by atoms with Gasteiger partial charge in [-0.05, 0) is 18.2 Å². The van der Waals surface area contributed by atoms with Crippen LogP contribution in [-0.4, -0.2) is 26.7 Å². The van der Waals surface area contributed by atoms with Crippen LogP contribution < -0.4 is 10.1 Å². The number of carbonyl (C=O) groups is 1. The average Bonchev–Trinajstić information content (AvgIpc) is 2.61. The highest BCUT2D eigenvalue weighted by molar-refractivity contribution is 7.91. The molecule has 0 radical (unpaired) electrons. The summed E-state index contributed by atoms with van der Waals surface area (Å²) in [5.74, 6) is 0.160. The zero-order valence-corrected chi connectivity index (χ0v) is 15.0. The molecule has 0 aliphatic carbocycles. The Balaban J connectivity index is 1.64.